The predicted molar refractivity (Wildman–Crippen MR) is 501 cm³/mol. The number of rotatable bonds is 31. The van der Waals surface area contributed by atoms with Gasteiger partial charge < -0.3 is 316 Å². The standard InChI is InChI=1S/C30H39N3O6.C23H36N2O5.C23H34N2O5.C22H33N3O4.CH4.7FH.7HI.7H/c1-30(2,3)39-28(35)31-18-21-15-13-20(14-16-21)17-24(33-29(36)37-19-22-9-5-4-6-10-22)26(34)27-32-23-11-7-8-12-25(23)38-27;2*1-23(2,3)30-21(27)24-14-18-11-9-17(10-12-18)13-20(15-26)25-22(28)29-16-19-7-5-4-6-8-19;1-22(2,3)29-21(27)24-13-15-10-8-14(9-11-15)12-16(23)19(26)20-25-17-6-4-5-7-18(17)28-20;;;;;;;;;;;;;;;;;;;;;;/h4-12,20-21,24,26,34H,13-19H2,1-3H3,(H,31,35)(H,33,36);4-8,17-18,20,26H,9-16H2,1-3H3,(H,24,27)(H,25,28);4-8,15,17-18,20H,9-14,16H2,1-3H3,(H,24,27)(H,25,28);4-7,14-16,19,26H,8-13,23H2,1-3H3,(H,24,27);1H4;14*1H;;;;;;;/q;;;;;;;;;;;;;;;;;;;7*-1/p-14/t20?,21?,24-,26?;2*17?,18?,20-;14?,15?,16-,19?;;;;;;;;;;;;;;;;;;;;;;/m0000....................../s1. The molecule has 12 N–H and O–H groups in total. The molecule has 2 aromatic heterocycles. The van der Waals surface area contributed by atoms with Crippen LogP contribution in [0.1, 0.15) is 270 Å². The third-order valence-electron chi connectivity index (χ3n) is 22.9. The van der Waals surface area contributed by atoms with Crippen molar-refractivity contribution in [1.82, 2.24) is 47.2 Å². The first-order valence-corrected chi connectivity index (χ1v) is 45.5. The molecule has 143 heavy (non-hydrogen) atoms. The van der Waals surface area contributed by atoms with E-state index in [-0.39, 0.29) is 287 Å². The van der Waals surface area contributed by atoms with Crippen molar-refractivity contribution in [2.24, 2.45) is 53.1 Å². The van der Waals surface area contributed by atoms with Gasteiger partial charge in [-0.1, -0.05) is 174 Å². The van der Waals surface area contributed by atoms with E-state index in [1.807, 2.05) is 217 Å². The molecule has 0 radical (unpaired) electrons. The van der Waals surface area contributed by atoms with Gasteiger partial charge in [0, 0.05) is 32.2 Å². The number of aliphatic hydroxyl groups excluding tert-OH is 3. The van der Waals surface area contributed by atoms with Crippen molar-refractivity contribution in [3.63, 3.8) is 0 Å². The van der Waals surface area contributed by atoms with Crippen LogP contribution in [0.4, 0.5) is 33.6 Å². The van der Waals surface area contributed by atoms with E-state index in [0.29, 0.717) is 97.1 Å². The molecule has 4 aliphatic rings. The molecule has 30 nitrogen and oxygen atoms in total. The fraction of sp³-hybridized carbons (Fsp3) is 0.596. The number of nitrogens with two attached hydrogens (primary N) is 1. The molecule has 0 saturated heterocycles. The fourth-order valence-electron chi connectivity index (χ4n) is 16.2. The Kier molecular flexibility index (Phi) is 83.4. The molecule has 838 valence electrons. The number of aldehydes is 1. The topological polar surface area (TPSA) is 424 Å². The van der Waals surface area contributed by atoms with Crippen LogP contribution >= 0.6 is 0 Å². The van der Waals surface area contributed by atoms with Gasteiger partial charge in [-0.15, -0.1) is 0 Å². The Bertz CT molecular complexity index is 4510. The van der Waals surface area contributed by atoms with Crippen molar-refractivity contribution in [3.8, 4) is 0 Å². The second-order valence-corrected chi connectivity index (χ2v) is 38.5. The molecule has 2 heterocycles. The summed E-state index contributed by atoms with van der Waals surface area (Å²) in [6.45, 7) is 25.0. The zero-order valence-electron chi connectivity index (χ0n) is 89.3. The summed E-state index contributed by atoms with van der Waals surface area (Å²) in [5.41, 5.74) is 9.59. The van der Waals surface area contributed by atoms with Crippen molar-refractivity contribution in [1.29, 1.82) is 0 Å². The summed E-state index contributed by atoms with van der Waals surface area (Å²) < 4.78 is 48.5. The normalized spacial score (nSPS) is 18.2. The number of ether oxygens (including phenoxy) is 7. The summed E-state index contributed by atoms with van der Waals surface area (Å²) in [5.74, 6) is 3.66. The van der Waals surface area contributed by atoms with Gasteiger partial charge in [-0.05, 0) is 248 Å². The molecule has 7 aromatic rings. The molecule has 2 unspecified atom stereocenters. The average Bonchev–Trinajstić information content (AvgIpc) is 1.68. The lowest BCUT2D eigenvalue weighted by Crippen LogP contribution is -3.00. The molecule has 4 fully saturated rings. The van der Waals surface area contributed by atoms with Gasteiger partial charge in [0.2, 0.25) is 11.8 Å². The van der Waals surface area contributed by atoms with E-state index in [1.54, 1.807) is 6.07 Å². The summed E-state index contributed by atoms with van der Waals surface area (Å²) >= 11 is 0. The molecule has 11 rings (SSSR count). The smallest absolute Gasteiger partial charge is 0.408 e. The maximum Gasteiger partial charge on any atom is 0.408 e. The Morgan fingerprint density at radius 2 is 0.629 bits per heavy atom. The molecular weight excluding hydrogens is 2670 g/mol. The average molecular weight is 2820 g/mol. The minimum Gasteiger partial charge on any atom is -1.00 e. The molecule has 6 atom stereocenters. The van der Waals surface area contributed by atoms with Crippen molar-refractivity contribution in [2.45, 2.75) is 298 Å². The van der Waals surface area contributed by atoms with E-state index in [2.05, 4.69) is 47.2 Å². The van der Waals surface area contributed by atoms with Crippen LogP contribution in [0.25, 0.3) is 22.2 Å². The highest BCUT2D eigenvalue weighted by Crippen LogP contribution is 2.38. The maximum atomic E-state index is 12.7. The molecule has 5 aromatic carbocycles. The molecule has 4 aliphatic carbocycles. The lowest BCUT2D eigenvalue weighted by Gasteiger charge is -2.32. The number of alkyl carbamates (subject to hydrolysis) is 7. The predicted octanol–water partition coefficient (Wildman–Crippen LogP) is -22.5. The molecule has 0 spiro atoms. The summed E-state index contributed by atoms with van der Waals surface area (Å²) in [6, 6.07) is 41.2. The van der Waals surface area contributed by atoms with E-state index in [9.17, 15) is 53.7 Å². The van der Waals surface area contributed by atoms with Gasteiger partial charge in [-0.3, -0.25) is 0 Å². The van der Waals surface area contributed by atoms with Gasteiger partial charge >= 0.3 is 42.7 Å². The summed E-state index contributed by atoms with van der Waals surface area (Å²) in [5, 5.41) is 51.2. The van der Waals surface area contributed by atoms with Gasteiger partial charge in [-0.25, -0.2) is 43.5 Å². The van der Waals surface area contributed by atoms with Crippen LogP contribution in [-0.4, -0.2) is 154 Å². The van der Waals surface area contributed by atoms with E-state index >= 15 is 0 Å². The Balaban J connectivity index is -0.000000120. The van der Waals surface area contributed by atoms with Crippen LogP contribution in [0.15, 0.2) is 148 Å². The van der Waals surface area contributed by atoms with Gasteiger partial charge in [0.05, 0.1) is 24.7 Å². The maximum absolute atomic E-state index is 12.7. The van der Waals surface area contributed by atoms with Gasteiger partial charge in [-0.2, -0.15) is 0 Å². The number of aliphatic hydroxyl groups is 3. The minimum atomic E-state index is -1.13. The summed E-state index contributed by atoms with van der Waals surface area (Å²) in [6.07, 6.45) is 13.9. The first-order chi connectivity index (χ1) is 60.9. The molecule has 0 bridgehead atoms. The first-order valence-electron chi connectivity index (χ1n) is 45.5. The second-order valence-electron chi connectivity index (χ2n) is 38.5. The number of para-hydroxylation sites is 4. The number of aromatic nitrogens is 2. The monoisotopic (exact) mass is 2820 g/mol. The molecule has 44 heteroatoms. The number of carbonyl (C=O) groups is 8. The van der Waals surface area contributed by atoms with Crippen LogP contribution in [0, 0.1) is 47.3 Å². The van der Waals surface area contributed by atoms with Gasteiger partial charge in [0.1, 0.15) is 65.6 Å². The van der Waals surface area contributed by atoms with Crippen LogP contribution in [0.3, 0.4) is 0 Å². The van der Waals surface area contributed by atoms with E-state index in [0.717, 1.165) is 144 Å². The highest BCUT2D eigenvalue weighted by atomic mass is 127. The number of fused-ring (bicyclic) bond motifs is 2. The Morgan fingerprint density at radius 3 is 0.923 bits per heavy atom. The first kappa shape index (κ1) is 152. The number of hydrogen-bond donors (Lipinski definition) is 11. The van der Waals surface area contributed by atoms with E-state index < -0.39 is 77.1 Å². The lowest BCUT2D eigenvalue weighted by atomic mass is 9.78. The highest BCUT2D eigenvalue weighted by molar-refractivity contribution is 5.75. The third kappa shape index (κ3) is 61.7. The molecule has 0 aliphatic heterocycles. The van der Waals surface area contributed by atoms with Crippen molar-refractivity contribution in [3.05, 3.63) is 168 Å². The van der Waals surface area contributed by atoms with Crippen molar-refractivity contribution < 1.29 is 306 Å². The van der Waals surface area contributed by atoms with Crippen LogP contribution in [0.2, 0.25) is 0 Å². The lowest BCUT2D eigenvalue weighted by molar-refractivity contribution is -0.110. The van der Waals surface area contributed by atoms with E-state index in [1.165, 1.54) is 0 Å². The van der Waals surface area contributed by atoms with Crippen LogP contribution in [0.5, 0.6) is 0 Å². The van der Waals surface area contributed by atoms with Gasteiger partial charge in [0.15, 0.2) is 17.3 Å². The fourth-order valence-corrected chi connectivity index (χ4v) is 16.2. The van der Waals surface area contributed by atoms with Crippen molar-refractivity contribution >= 4 is 71.1 Å². The number of hydrogen-bond acceptors (Lipinski definition) is 23. The van der Waals surface area contributed by atoms with Crippen LogP contribution in [-0.2, 0) is 57.8 Å². The largest absolute Gasteiger partial charge is 1.00 e. The molecule has 4 saturated carbocycles. The third-order valence-corrected chi connectivity index (χ3v) is 22.9. The highest BCUT2D eigenvalue weighted by Gasteiger charge is 2.35. The zero-order chi connectivity index (χ0) is 92.8. The zero-order valence-corrected chi connectivity index (χ0v) is 97.4. The second kappa shape index (κ2) is 78.3. The number of oxazole rings is 2. The Hall–Kier alpha value is -5.94. The number of nitrogens with zero attached hydrogens (tertiary/aromatic N) is 2. The number of halogens is 14. The number of carbonyl (C=O) groups excluding carboxylic acids is 8. The van der Waals surface area contributed by atoms with E-state index in [4.69, 9.17) is 47.7 Å². The SMILES string of the molecule is C.CC(C)(C)OC(=O)NCC1CCC(C[C@@H](C=O)NC(=O)OCc2ccccc2)CC1.CC(C)(C)OC(=O)NCC1CCC(C[C@@H](CO)NC(=O)OCc2ccccc2)CC1.CC(C)(C)OC(=O)NCC1CCC(C[C@H](N)C(O)c2nc3ccccc3o2)CC1.CC(C)(C)OC(=O)NCC1CCC(C[C@H](NC(=O)OCc2ccccc2)C(O)c2nc3ccccc3o2)CC1.[F-].[F-].[F-].[F-].[F-].[F-].[F-].[H-].[H-].[H-].[H-].[H-].[H-].[H-].[I-].[I-].[I-].[I-].[I-].[I-].[I-]. The number of amides is 7. The number of benzene rings is 5. The van der Waals surface area contributed by atoms with Crippen molar-refractivity contribution in [2.75, 3.05) is 32.8 Å². The minimum absolute atomic E-state index is 0. The summed E-state index contributed by atoms with van der Waals surface area (Å²) in [7, 11) is 0. The molecular formula is C99H153F7I7N10O20-21. The van der Waals surface area contributed by atoms with Crippen LogP contribution < -0.4 is 244 Å². The molecule has 7 amide bonds. The number of nitrogens with one attached hydrogen (secondary N) is 7. The Labute approximate surface area is 967 Å². The summed E-state index contributed by atoms with van der Waals surface area (Å²) in [4.78, 5) is 104. The quantitative estimate of drug-likeness (QED) is 0.00832. The van der Waals surface area contributed by atoms with Gasteiger partial charge in [0.25, 0.3) is 0 Å². The Morgan fingerprint density at radius 1 is 0.371 bits per heavy atom.